The van der Waals surface area contributed by atoms with Crippen LogP contribution in [0.15, 0.2) is 36.7 Å². The molecule has 0 saturated carbocycles. The predicted octanol–water partition coefficient (Wildman–Crippen LogP) is 2.35. The van der Waals surface area contributed by atoms with E-state index in [1.807, 2.05) is 12.4 Å². The van der Waals surface area contributed by atoms with E-state index < -0.39 is 0 Å². The zero-order valence-electron chi connectivity index (χ0n) is 11.6. The molecule has 102 valence electrons. The number of nitrogens with two attached hydrogens (primary N) is 1. The summed E-state index contributed by atoms with van der Waals surface area (Å²) >= 11 is 0. The first kappa shape index (κ1) is 13.8. The second-order valence-electron chi connectivity index (χ2n) is 4.87. The lowest BCUT2D eigenvalue weighted by molar-refractivity contribution is 0.517. The van der Waals surface area contributed by atoms with E-state index in [0.717, 1.165) is 25.2 Å². The third kappa shape index (κ3) is 3.43. The van der Waals surface area contributed by atoms with Crippen LogP contribution in [0.4, 0.5) is 0 Å². The van der Waals surface area contributed by atoms with Gasteiger partial charge in [-0.05, 0) is 18.9 Å². The average molecular weight is 258 g/mol. The van der Waals surface area contributed by atoms with E-state index >= 15 is 0 Å². The van der Waals surface area contributed by atoms with Crippen molar-refractivity contribution < 1.29 is 0 Å². The van der Waals surface area contributed by atoms with Crippen LogP contribution in [0, 0.1) is 6.92 Å². The average Bonchev–Trinajstić information content (AvgIpc) is 2.84. The summed E-state index contributed by atoms with van der Waals surface area (Å²) in [5.41, 5.74) is 5.35. The van der Waals surface area contributed by atoms with Gasteiger partial charge in [-0.2, -0.15) is 0 Å². The van der Waals surface area contributed by atoms with Crippen molar-refractivity contribution in [3.05, 3.63) is 53.6 Å². The monoisotopic (exact) mass is 258 g/mol. The molecule has 0 spiro atoms. The van der Waals surface area contributed by atoms with Gasteiger partial charge in [-0.1, -0.05) is 36.8 Å². The largest absolute Gasteiger partial charge is 0.335 e. The van der Waals surface area contributed by atoms with Crippen molar-refractivity contribution in [3.63, 3.8) is 0 Å². The second-order valence-corrected chi connectivity index (χ2v) is 4.87. The van der Waals surface area contributed by atoms with Gasteiger partial charge in [0, 0.05) is 25.4 Å². The lowest BCUT2D eigenvalue weighted by Crippen LogP contribution is -2.30. The number of hydrazine groups is 1. The molecule has 0 aliphatic carbocycles. The van der Waals surface area contributed by atoms with Gasteiger partial charge in [0.2, 0.25) is 0 Å². The Balaban J connectivity index is 2.17. The summed E-state index contributed by atoms with van der Waals surface area (Å²) in [6.07, 6.45) is 5.79. The van der Waals surface area contributed by atoms with Gasteiger partial charge in [0.15, 0.2) is 0 Å². The first-order valence-corrected chi connectivity index (χ1v) is 6.77. The third-order valence-corrected chi connectivity index (χ3v) is 3.30. The number of imidazole rings is 1. The van der Waals surface area contributed by atoms with Gasteiger partial charge in [-0.15, -0.1) is 0 Å². The zero-order valence-corrected chi connectivity index (χ0v) is 11.6. The Morgan fingerprint density at radius 3 is 2.95 bits per heavy atom. The van der Waals surface area contributed by atoms with Gasteiger partial charge in [0.05, 0.1) is 6.04 Å². The zero-order chi connectivity index (χ0) is 13.7. The fraction of sp³-hybridized carbons (Fsp3) is 0.400. The van der Waals surface area contributed by atoms with Crippen LogP contribution >= 0.6 is 0 Å². The van der Waals surface area contributed by atoms with Gasteiger partial charge in [-0.3, -0.25) is 11.3 Å². The van der Waals surface area contributed by atoms with Crippen molar-refractivity contribution in [3.8, 4) is 0 Å². The lowest BCUT2D eigenvalue weighted by atomic mass is 10.0. The molecule has 4 heteroatoms. The van der Waals surface area contributed by atoms with E-state index in [1.54, 1.807) is 0 Å². The minimum absolute atomic E-state index is 0.0953. The van der Waals surface area contributed by atoms with Crippen molar-refractivity contribution >= 4 is 0 Å². The van der Waals surface area contributed by atoms with Crippen LogP contribution in [0.1, 0.15) is 36.3 Å². The number of nitrogens with zero attached hydrogens (tertiary/aromatic N) is 2. The summed E-state index contributed by atoms with van der Waals surface area (Å²) in [4.78, 5) is 4.44. The van der Waals surface area contributed by atoms with Gasteiger partial charge in [-0.25, -0.2) is 4.98 Å². The highest BCUT2D eigenvalue weighted by Crippen LogP contribution is 2.18. The maximum absolute atomic E-state index is 5.71. The molecule has 0 aliphatic rings. The molecule has 2 aromatic rings. The predicted molar refractivity (Wildman–Crippen MR) is 77.5 cm³/mol. The Labute approximate surface area is 114 Å². The van der Waals surface area contributed by atoms with E-state index in [1.165, 1.54) is 11.1 Å². The minimum atomic E-state index is 0.0953. The molecule has 3 N–H and O–H groups in total. The van der Waals surface area contributed by atoms with Crippen LogP contribution in [-0.4, -0.2) is 9.55 Å². The highest BCUT2D eigenvalue weighted by atomic mass is 15.2. The van der Waals surface area contributed by atoms with Crippen molar-refractivity contribution in [1.29, 1.82) is 0 Å². The molecule has 4 nitrogen and oxygen atoms in total. The molecule has 0 bridgehead atoms. The smallest absolute Gasteiger partial charge is 0.110 e. The van der Waals surface area contributed by atoms with Crippen LogP contribution in [-0.2, 0) is 13.0 Å². The Hall–Kier alpha value is -1.65. The quantitative estimate of drug-likeness (QED) is 0.617. The van der Waals surface area contributed by atoms with E-state index in [4.69, 9.17) is 5.84 Å². The molecule has 1 aromatic heterocycles. The minimum Gasteiger partial charge on any atom is -0.335 e. The fourth-order valence-corrected chi connectivity index (χ4v) is 2.32. The number of hydrogen-bond donors (Lipinski definition) is 2. The van der Waals surface area contributed by atoms with Crippen LogP contribution in [0.5, 0.6) is 0 Å². The van der Waals surface area contributed by atoms with E-state index in [9.17, 15) is 0 Å². The van der Waals surface area contributed by atoms with Crippen LogP contribution in [0.2, 0.25) is 0 Å². The standard InChI is InChI=1S/C15H22N4/c1-3-8-19-9-7-17-15(19)11-14(18-16)13-6-4-5-12(2)10-13/h4-7,9-10,14,18H,3,8,11,16H2,1-2H3. The molecule has 0 fully saturated rings. The van der Waals surface area contributed by atoms with Gasteiger partial charge < -0.3 is 4.57 Å². The summed E-state index contributed by atoms with van der Waals surface area (Å²) < 4.78 is 2.19. The molecular formula is C15H22N4. The molecule has 0 amide bonds. The number of benzene rings is 1. The Morgan fingerprint density at radius 2 is 2.26 bits per heavy atom. The summed E-state index contributed by atoms with van der Waals surface area (Å²) in [7, 11) is 0. The van der Waals surface area contributed by atoms with Crippen molar-refractivity contribution in [2.45, 2.75) is 39.3 Å². The van der Waals surface area contributed by atoms with E-state index in [0.29, 0.717) is 0 Å². The topological polar surface area (TPSA) is 55.9 Å². The molecule has 19 heavy (non-hydrogen) atoms. The maximum Gasteiger partial charge on any atom is 0.110 e. The molecule has 0 aliphatic heterocycles. The second kappa shape index (κ2) is 6.50. The molecule has 2 rings (SSSR count). The summed E-state index contributed by atoms with van der Waals surface area (Å²) in [6, 6.07) is 8.52. The first-order chi connectivity index (χ1) is 9.24. The maximum atomic E-state index is 5.71. The molecule has 0 radical (unpaired) electrons. The van der Waals surface area contributed by atoms with Crippen molar-refractivity contribution in [2.75, 3.05) is 0 Å². The number of hydrogen-bond acceptors (Lipinski definition) is 3. The van der Waals surface area contributed by atoms with Gasteiger partial charge in [0.25, 0.3) is 0 Å². The Kier molecular flexibility index (Phi) is 4.71. The fourth-order valence-electron chi connectivity index (χ4n) is 2.32. The Morgan fingerprint density at radius 1 is 1.42 bits per heavy atom. The number of rotatable bonds is 6. The molecular weight excluding hydrogens is 236 g/mol. The van der Waals surface area contributed by atoms with Crippen LogP contribution < -0.4 is 11.3 Å². The van der Waals surface area contributed by atoms with Gasteiger partial charge >= 0.3 is 0 Å². The number of nitrogens with one attached hydrogen (secondary N) is 1. The summed E-state index contributed by atoms with van der Waals surface area (Å²) in [6.45, 7) is 5.26. The molecule has 1 atom stereocenters. The van der Waals surface area contributed by atoms with Crippen LogP contribution in [0.25, 0.3) is 0 Å². The normalized spacial score (nSPS) is 12.6. The number of aromatic nitrogens is 2. The van der Waals surface area contributed by atoms with Crippen molar-refractivity contribution in [2.24, 2.45) is 5.84 Å². The third-order valence-electron chi connectivity index (χ3n) is 3.30. The highest BCUT2D eigenvalue weighted by Gasteiger charge is 2.13. The Bertz CT molecular complexity index is 518. The summed E-state index contributed by atoms with van der Waals surface area (Å²) in [5, 5.41) is 0. The lowest BCUT2D eigenvalue weighted by Gasteiger charge is -2.17. The summed E-state index contributed by atoms with van der Waals surface area (Å²) in [5.74, 6) is 6.78. The van der Waals surface area contributed by atoms with Gasteiger partial charge in [0.1, 0.15) is 5.82 Å². The highest BCUT2D eigenvalue weighted by molar-refractivity contribution is 5.25. The number of aryl methyl sites for hydroxylation is 2. The van der Waals surface area contributed by atoms with Crippen molar-refractivity contribution in [1.82, 2.24) is 15.0 Å². The molecule has 1 unspecified atom stereocenters. The van der Waals surface area contributed by atoms with E-state index in [-0.39, 0.29) is 6.04 Å². The molecule has 0 saturated heterocycles. The van der Waals surface area contributed by atoms with E-state index in [2.05, 4.69) is 53.1 Å². The first-order valence-electron chi connectivity index (χ1n) is 6.77. The molecule has 1 heterocycles. The molecule has 1 aromatic carbocycles. The van der Waals surface area contributed by atoms with Crippen LogP contribution in [0.3, 0.4) is 0 Å². The SMILES string of the molecule is CCCn1ccnc1CC(NN)c1cccc(C)c1.